The van der Waals surface area contributed by atoms with Crippen LogP contribution >= 0.6 is 11.8 Å². The van der Waals surface area contributed by atoms with Crippen molar-refractivity contribution in [3.63, 3.8) is 0 Å². The molecule has 4 nitrogen and oxygen atoms in total. The number of Topliss-reactive ketones (excluding diaryl/α,β-unsaturated/α-hetero) is 1. The maximum Gasteiger partial charge on any atom is 0.316 e. The lowest BCUT2D eigenvalue weighted by molar-refractivity contribution is -0.141. The normalized spacial score (nSPS) is 10.4. The standard InChI is InChI=1S/C16H22O4S/c1-3-4-9-19-10-11-20-16(18)12-21-15-7-5-14(6-8-15)13(2)17/h5-8H,3-4,9-12H2,1-2H3. The van der Waals surface area contributed by atoms with Gasteiger partial charge in [0.1, 0.15) is 6.61 Å². The summed E-state index contributed by atoms with van der Waals surface area (Å²) >= 11 is 1.39. The topological polar surface area (TPSA) is 52.6 Å². The lowest BCUT2D eigenvalue weighted by Gasteiger charge is -2.06. The molecule has 0 bridgehead atoms. The molecule has 0 aliphatic heterocycles. The minimum Gasteiger partial charge on any atom is -0.463 e. The molecule has 0 radical (unpaired) electrons. The molecule has 0 aliphatic carbocycles. The van der Waals surface area contributed by atoms with E-state index in [1.807, 2.05) is 12.1 Å². The summed E-state index contributed by atoms with van der Waals surface area (Å²) in [6.45, 7) is 5.09. The Morgan fingerprint density at radius 3 is 2.43 bits per heavy atom. The van der Waals surface area contributed by atoms with Crippen molar-refractivity contribution >= 4 is 23.5 Å². The summed E-state index contributed by atoms with van der Waals surface area (Å²) in [7, 11) is 0. The smallest absolute Gasteiger partial charge is 0.316 e. The number of benzene rings is 1. The monoisotopic (exact) mass is 310 g/mol. The summed E-state index contributed by atoms with van der Waals surface area (Å²) in [5.74, 6) is 0.0396. The molecule has 5 heteroatoms. The molecule has 1 aromatic carbocycles. The molecule has 1 aromatic rings. The Balaban J connectivity index is 2.16. The first-order valence-corrected chi connectivity index (χ1v) is 8.09. The summed E-state index contributed by atoms with van der Waals surface area (Å²) in [5, 5.41) is 0. The van der Waals surface area contributed by atoms with E-state index < -0.39 is 0 Å². The van der Waals surface area contributed by atoms with Gasteiger partial charge in [0.25, 0.3) is 0 Å². The first-order valence-electron chi connectivity index (χ1n) is 7.10. The van der Waals surface area contributed by atoms with Crippen molar-refractivity contribution in [2.24, 2.45) is 0 Å². The summed E-state index contributed by atoms with van der Waals surface area (Å²) < 4.78 is 10.4. The second-order valence-electron chi connectivity index (χ2n) is 4.56. The number of esters is 1. The van der Waals surface area contributed by atoms with Crippen LogP contribution in [0.1, 0.15) is 37.0 Å². The second kappa shape index (κ2) is 10.4. The summed E-state index contributed by atoms with van der Waals surface area (Å²) in [6.07, 6.45) is 2.12. The van der Waals surface area contributed by atoms with Crippen LogP contribution < -0.4 is 0 Å². The zero-order valence-corrected chi connectivity index (χ0v) is 13.4. The van der Waals surface area contributed by atoms with Gasteiger partial charge in [-0.2, -0.15) is 0 Å². The predicted molar refractivity (Wildman–Crippen MR) is 83.9 cm³/mol. The molecule has 1 rings (SSSR count). The molecule has 0 spiro atoms. The number of ketones is 1. The molecule has 116 valence electrons. The van der Waals surface area contributed by atoms with Gasteiger partial charge in [-0.15, -0.1) is 11.8 Å². The number of hydrogen-bond donors (Lipinski definition) is 0. The highest BCUT2D eigenvalue weighted by Crippen LogP contribution is 2.18. The highest BCUT2D eigenvalue weighted by molar-refractivity contribution is 8.00. The lowest BCUT2D eigenvalue weighted by Crippen LogP contribution is -2.12. The van der Waals surface area contributed by atoms with Crippen LogP contribution in [0, 0.1) is 0 Å². The van der Waals surface area contributed by atoms with E-state index in [2.05, 4.69) is 6.92 Å². The van der Waals surface area contributed by atoms with Crippen LogP contribution in [0.2, 0.25) is 0 Å². The van der Waals surface area contributed by atoms with Crippen molar-refractivity contribution in [2.45, 2.75) is 31.6 Å². The van der Waals surface area contributed by atoms with E-state index in [1.165, 1.54) is 18.7 Å². The van der Waals surface area contributed by atoms with Crippen LogP contribution in [-0.4, -0.2) is 37.3 Å². The van der Waals surface area contributed by atoms with Crippen molar-refractivity contribution < 1.29 is 19.1 Å². The largest absolute Gasteiger partial charge is 0.463 e. The minimum atomic E-state index is -0.255. The summed E-state index contributed by atoms with van der Waals surface area (Å²) in [6, 6.07) is 7.19. The first-order chi connectivity index (χ1) is 10.1. The predicted octanol–water partition coefficient (Wildman–Crippen LogP) is 3.34. The van der Waals surface area contributed by atoms with Crippen molar-refractivity contribution in [3.05, 3.63) is 29.8 Å². The molecular formula is C16H22O4S. The third-order valence-electron chi connectivity index (χ3n) is 2.75. The molecule has 0 heterocycles. The van der Waals surface area contributed by atoms with Crippen LogP contribution in [-0.2, 0) is 14.3 Å². The van der Waals surface area contributed by atoms with Crippen molar-refractivity contribution in [1.82, 2.24) is 0 Å². The summed E-state index contributed by atoms with van der Waals surface area (Å²) in [4.78, 5) is 23.6. The van der Waals surface area contributed by atoms with Crippen LogP contribution in [0.5, 0.6) is 0 Å². The van der Waals surface area contributed by atoms with Gasteiger partial charge in [0, 0.05) is 17.1 Å². The Bertz CT molecular complexity index is 442. The van der Waals surface area contributed by atoms with E-state index in [9.17, 15) is 9.59 Å². The average molecular weight is 310 g/mol. The Morgan fingerprint density at radius 2 is 1.81 bits per heavy atom. The Hall–Kier alpha value is -1.33. The van der Waals surface area contributed by atoms with Crippen molar-refractivity contribution in [3.8, 4) is 0 Å². The third kappa shape index (κ3) is 7.87. The van der Waals surface area contributed by atoms with E-state index in [-0.39, 0.29) is 17.5 Å². The van der Waals surface area contributed by atoms with E-state index in [4.69, 9.17) is 9.47 Å². The van der Waals surface area contributed by atoms with Crippen LogP contribution in [0.4, 0.5) is 0 Å². The number of rotatable bonds is 10. The number of thioether (sulfide) groups is 1. The average Bonchev–Trinajstić information content (AvgIpc) is 2.49. The fourth-order valence-electron chi connectivity index (χ4n) is 1.53. The van der Waals surface area contributed by atoms with Gasteiger partial charge < -0.3 is 9.47 Å². The van der Waals surface area contributed by atoms with E-state index in [1.54, 1.807) is 12.1 Å². The van der Waals surface area contributed by atoms with Crippen LogP contribution in [0.25, 0.3) is 0 Å². The van der Waals surface area contributed by atoms with Gasteiger partial charge >= 0.3 is 5.97 Å². The molecule has 0 aliphatic rings. The van der Waals surface area contributed by atoms with E-state index in [0.29, 0.717) is 25.4 Å². The van der Waals surface area contributed by atoms with Crippen LogP contribution in [0.3, 0.4) is 0 Å². The summed E-state index contributed by atoms with van der Waals surface area (Å²) in [5.41, 5.74) is 0.672. The molecule has 0 fully saturated rings. The van der Waals surface area contributed by atoms with Gasteiger partial charge in [-0.05, 0) is 25.5 Å². The Kier molecular flexibility index (Phi) is 8.78. The van der Waals surface area contributed by atoms with Gasteiger partial charge in [-0.3, -0.25) is 9.59 Å². The molecule has 0 unspecified atom stereocenters. The SMILES string of the molecule is CCCCOCCOC(=O)CSc1ccc(C(C)=O)cc1. The van der Waals surface area contributed by atoms with Gasteiger partial charge in [0.05, 0.1) is 12.4 Å². The van der Waals surface area contributed by atoms with Crippen molar-refractivity contribution in [2.75, 3.05) is 25.6 Å². The number of ether oxygens (including phenoxy) is 2. The van der Waals surface area contributed by atoms with Gasteiger partial charge in [0.2, 0.25) is 0 Å². The minimum absolute atomic E-state index is 0.0361. The van der Waals surface area contributed by atoms with E-state index in [0.717, 1.165) is 17.7 Å². The van der Waals surface area contributed by atoms with Gasteiger partial charge in [0.15, 0.2) is 5.78 Å². The maximum atomic E-state index is 11.5. The molecular weight excluding hydrogens is 288 g/mol. The zero-order valence-electron chi connectivity index (χ0n) is 12.6. The molecule has 0 atom stereocenters. The molecule has 0 aromatic heterocycles. The highest BCUT2D eigenvalue weighted by Gasteiger charge is 2.05. The second-order valence-corrected chi connectivity index (χ2v) is 5.60. The van der Waals surface area contributed by atoms with Gasteiger partial charge in [-0.25, -0.2) is 0 Å². The Morgan fingerprint density at radius 1 is 1.10 bits per heavy atom. The van der Waals surface area contributed by atoms with Gasteiger partial charge in [-0.1, -0.05) is 25.5 Å². The number of unbranched alkanes of at least 4 members (excludes halogenated alkanes) is 1. The fourth-order valence-corrected chi connectivity index (χ4v) is 2.23. The molecule has 0 amide bonds. The molecule has 0 N–H and O–H groups in total. The number of hydrogen-bond acceptors (Lipinski definition) is 5. The quantitative estimate of drug-likeness (QED) is 0.287. The Labute approximate surface area is 130 Å². The molecule has 21 heavy (non-hydrogen) atoms. The molecule has 0 saturated heterocycles. The number of carbonyl (C=O) groups is 2. The third-order valence-corrected chi connectivity index (χ3v) is 3.74. The lowest BCUT2D eigenvalue weighted by atomic mass is 10.2. The highest BCUT2D eigenvalue weighted by atomic mass is 32.2. The molecule has 0 saturated carbocycles. The van der Waals surface area contributed by atoms with Crippen LogP contribution in [0.15, 0.2) is 29.2 Å². The van der Waals surface area contributed by atoms with E-state index >= 15 is 0 Å². The fraction of sp³-hybridized carbons (Fsp3) is 0.500. The maximum absolute atomic E-state index is 11.5. The first kappa shape index (κ1) is 17.7. The number of carbonyl (C=O) groups excluding carboxylic acids is 2. The van der Waals surface area contributed by atoms with Crippen molar-refractivity contribution in [1.29, 1.82) is 0 Å². The zero-order chi connectivity index (χ0) is 15.5.